The number of carbonyl (C=O) groups is 3. The summed E-state index contributed by atoms with van der Waals surface area (Å²) in [5.74, 6) is -1.93. The highest BCUT2D eigenvalue weighted by molar-refractivity contribution is 5.87. The molecule has 1 unspecified atom stereocenters. The molecular weight excluding hydrogens is 238 g/mol. The SMILES string of the molecule is CC(C)CC(CN)C(=O)NCC(=O)NCC(=O)O. The zero-order valence-electron chi connectivity index (χ0n) is 10.7. The van der Waals surface area contributed by atoms with Gasteiger partial charge in [-0.05, 0) is 12.3 Å². The maximum absolute atomic E-state index is 11.7. The maximum atomic E-state index is 11.7. The summed E-state index contributed by atoms with van der Waals surface area (Å²) in [6, 6.07) is 0. The summed E-state index contributed by atoms with van der Waals surface area (Å²) in [5.41, 5.74) is 5.49. The minimum Gasteiger partial charge on any atom is -0.480 e. The Morgan fingerprint density at radius 1 is 1.17 bits per heavy atom. The van der Waals surface area contributed by atoms with Gasteiger partial charge in [-0.3, -0.25) is 14.4 Å². The van der Waals surface area contributed by atoms with Gasteiger partial charge in [0.1, 0.15) is 6.54 Å². The predicted octanol–water partition coefficient (Wildman–Crippen LogP) is -1.08. The first kappa shape index (κ1) is 16.4. The normalized spacial score (nSPS) is 12.0. The third-order valence-electron chi connectivity index (χ3n) is 2.27. The van der Waals surface area contributed by atoms with Gasteiger partial charge in [0.15, 0.2) is 0 Å². The van der Waals surface area contributed by atoms with Crippen LogP contribution in [0.15, 0.2) is 0 Å². The molecule has 7 nitrogen and oxygen atoms in total. The first-order valence-electron chi connectivity index (χ1n) is 5.83. The minimum absolute atomic E-state index is 0.223. The Morgan fingerprint density at radius 3 is 2.22 bits per heavy atom. The highest BCUT2D eigenvalue weighted by Crippen LogP contribution is 2.10. The summed E-state index contributed by atoms with van der Waals surface area (Å²) in [6.07, 6.45) is 0.652. The van der Waals surface area contributed by atoms with Crippen molar-refractivity contribution in [1.29, 1.82) is 0 Å². The molecule has 0 bridgehead atoms. The summed E-state index contributed by atoms with van der Waals surface area (Å²) >= 11 is 0. The van der Waals surface area contributed by atoms with Crippen LogP contribution >= 0.6 is 0 Å². The molecule has 0 radical (unpaired) electrons. The molecule has 0 aliphatic carbocycles. The fraction of sp³-hybridized carbons (Fsp3) is 0.727. The lowest BCUT2D eigenvalue weighted by atomic mass is 9.96. The van der Waals surface area contributed by atoms with E-state index < -0.39 is 18.4 Å². The van der Waals surface area contributed by atoms with Gasteiger partial charge in [0.2, 0.25) is 11.8 Å². The van der Waals surface area contributed by atoms with Crippen molar-refractivity contribution in [3.63, 3.8) is 0 Å². The molecule has 18 heavy (non-hydrogen) atoms. The molecule has 0 fully saturated rings. The van der Waals surface area contributed by atoms with Crippen molar-refractivity contribution in [2.75, 3.05) is 19.6 Å². The van der Waals surface area contributed by atoms with E-state index in [-0.39, 0.29) is 24.9 Å². The van der Waals surface area contributed by atoms with Gasteiger partial charge in [-0.15, -0.1) is 0 Å². The molecule has 0 aliphatic heterocycles. The number of carboxylic acid groups (broad SMARTS) is 1. The van der Waals surface area contributed by atoms with Crippen LogP contribution in [0.25, 0.3) is 0 Å². The molecule has 0 aliphatic rings. The van der Waals surface area contributed by atoms with Gasteiger partial charge in [0, 0.05) is 6.54 Å². The first-order chi connectivity index (χ1) is 8.36. The molecule has 0 rings (SSSR count). The molecule has 1 atom stereocenters. The Hall–Kier alpha value is -1.63. The van der Waals surface area contributed by atoms with Crippen molar-refractivity contribution in [2.24, 2.45) is 17.6 Å². The number of carboxylic acids is 1. The number of hydrogen-bond acceptors (Lipinski definition) is 4. The lowest BCUT2D eigenvalue weighted by molar-refractivity contribution is -0.137. The predicted molar refractivity (Wildman–Crippen MR) is 65.7 cm³/mol. The van der Waals surface area contributed by atoms with Crippen LogP contribution in [-0.4, -0.2) is 42.5 Å². The van der Waals surface area contributed by atoms with Gasteiger partial charge in [-0.25, -0.2) is 0 Å². The van der Waals surface area contributed by atoms with E-state index in [0.29, 0.717) is 12.3 Å². The van der Waals surface area contributed by atoms with Crippen LogP contribution in [0.1, 0.15) is 20.3 Å². The van der Waals surface area contributed by atoms with Crippen molar-refractivity contribution in [3.8, 4) is 0 Å². The highest BCUT2D eigenvalue weighted by atomic mass is 16.4. The second-order valence-electron chi connectivity index (χ2n) is 4.45. The fourth-order valence-electron chi connectivity index (χ4n) is 1.43. The number of hydrogen-bond donors (Lipinski definition) is 4. The van der Waals surface area contributed by atoms with E-state index in [2.05, 4.69) is 10.6 Å². The summed E-state index contributed by atoms with van der Waals surface area (Å²) in [6.45, 7) is 3.49. The zero-order valence-corrected chi connectivity index (χ0v) is 10.7. The van der Waals surface area contributed by atoms with E-state index in [9.17, 15) is 14.4 Å². The second kappa shape index (κ2) is 8.46. The smallest absolute Gasteiger partial charge is 0.322 e. The molecule has 0 spiro atoms. The van der Waals surface area contributed by atoms with Gasteiger partial charge >= 0.3 is 5.97 Å². The van der Waals surface area contributed by atoms with Gasteiger partial charge < -0.3 is 21.5 Å². The van der Waals surface area contributed by atoms with Crippen LogP contribution in [0.2, 0.25) is 0 Å². The van der Waals surface area contributed by atoms with Crippen molar-refractivity contribution >= 4 is 17.8 Å². The Kier molecular flexibility index (Phi) is 7.69. The van der Waals surface area contributed by atoms with Crippen molar-refractivity contribution in [2.45, 2.75) is 20.3 Å². The van der Waals surface area contributed by atoms with E-state index in [1.807, 2.05) is 13.8 Å². The lowest BCUT2D eigenvalue weighted by Crippen LogP contribution is -2.42. The first-order valence-corrected chi connectivity index (χ1v) is 5.83. The number of nitrogens with one attached hydrogen (secondary N) is 2. The van der Waals surface area contributed by atoms with Crippen LogP contribution in [0, 0.1) is 11.8 Å². The molecule has 0 aromatic rings. The molecule has 2 amide bonds. The topological polar surface area (TPSA) is 122 Å². The number of nitrogens with two attached hydrogens (primary N) is 1. The average Bonchev–Trinajstić information content (AvgIpc) is 2.29. The van der Waals surface area contributed by atoms with Crippen molar-refractivity contribution in [1.82, 2.24) is 10.6 Å². The molecule has 0 aromatic carbocycles. The van der Waals surface area contributed by atoms with Gasteiger partial charge in [0.25, 0.3) is 0 Å². The molecule has 0 saturated carbocycles. The molecule has 7 heteroatoms. The average molecular weight is 259 g/mol. The largest absolute Gasteiger partial charge is 0.480 e. The summed E-state index contributed by atoms with van der Waals surface area (Å²) in [4.78, 5) is 33.0. The Morgan fingerprint density at radius 2 is 1.78 bits per heavy atom. The molecule has 0 heterocycles. The number of aliphatic carboxylic acids is 1. The monoisotopic (exact) mass is 259 g/mol. The lowest BCUT2D eigenvalue weighted by Gasteiger charge is -2.16. The quantitative estimate of drug-likeness (QED) is 0.442. The minimum atomic E-state index is -1.13. The zero-order chi connectivity index (χ0) is 14.1. The summed E-state index contributed by atoms with van der Waals surface area (Å²) < 4.78 is 0. The van der Waals surface area contributed by atoms with E-state index in [4.69, 9.17) is 10.8 Å². The molecule has 0 aromatic heterocycles. The van der Waals surface area contributed by atoms with Crippen molar-refractivity contribution in [3.05, 3.63) is 0 Å². The molecular formula is C11H21N3O4. The number of rotatable bonds is 8. The molecule has 0 saturated heterocycles. The van der Waals surface area contributed by atoms with E-state index >= 15 is 0 Å². The van der Waals surface area contributed by atoms with E-state index in [0.717, 1.165) is 0 Å². The van der Waals surface area contributed by atoms with Crippen LogP contribution in [-0.2, 0) is 14.4 Å². The van der Waals surface area contributed by atoms with Crippen molar-refractivity contribution < 1.29 is 19.5 Å². The standard InChI is InChI=1S/C11H21N3O4/c1-7(2)3-8(4-12)11(18)14-5-9(15)13-6-10(16)17/h7-8H,3-6,12H2,1-2H3,(H,13,15)(H,14,18)(H,16,17). The molecule has 104 valence electrons. The summed E-state index contributed by atoms with van der Waals surface area (Å²) in [5, 5.41) is 12.9. The van der Waals surface area contributed by atoms with Crippen LogP contribution in [0.5, 0.6) is 0 Å². The Labute approximate surface area is 106 Å². The van der Waals surface area contributed by atoms with Gasteiger partial charge in [-0.1, -0.05) is 13.8 Å². The third kappa shape index (κ3) is 7.61. The third-order valence-corrected chi connectivity index (χ3v) is 2.27. The van der Waals surface area contributed by atoms with E-state index in [1.54, 1.807) is 0 Å². The Balaban J connectivity index is 3.99. The molecule has 5 N–H and O–H groups in total. The van der Waals surface area contributed by atoms with Crippen LogP contribution in [0.4, 0.5) is 0 Å². The number of amides is 2. The van der Waals surface area contributed by atoms with E-state index in [1.165, 1.54) is 0 Å². The fourth-order valence-corrected chi connectivity index (χ4v) is 1.43. The summed E-state index contributed by atoms with van der Waals surface area (Å²) in [7, 11) is 0. The Bertz CT molecular complexity index is 305. The van der Waals surface area contributed by atoms with Gasteiger partial charge in [-0.2, -0.15) is 0 Å². The van der Waals surface area contributed by atoms with Crippen LogP contribution < -0.4 is 16.4 Å². The second-order valence-corrected chi connectivity index (χ2v) is 4.45. The highest BCUT2D eigenvalue weighted by Gasteiger charge is 2.18. The maximum Gasteiger partial charge on any atom is 0.322 e. The van der Waals surface area contributed by atoms with Gasteiger partial charge in [0.05, 0.1) is 12.5 Å². The van der Waals surface area contributed by atoms with Crippen LogP contribution in [0.3, 0.4) is 0 Å². The number of carbonyl (C=O) groups excluding carboxylic acids is 2.